The van der Waals surface area contributed by atoms with Gasteiger partial charge in [0.05, 0.1) is 13.0 Å². The molecule has 0 saturated carbocycles. The van der Waals surface area contributed by atoms with Crippen molar-refractivity contribution in [2.45, 2.75) is 32.1 Å². The molecular weight excluding hydrogens is 192 g/mol. The van der Waals surface area contributed by atoms with Crippen LogP contribution < -0.4 is 0 Å². The van der Waals surface area contributed by atoms with Crippen molar-refractivity contribution < 1.29 is 18.4 Å². The number of alkyl halides is 2. The Morgan fingerprint density at radius 2 is 2.21 bits per heavy atom. The van der Waals surface area contributed by atoms with Crippen molar-refractivity contribution in [1.29, 1.82) is 0 Å². The number of amides is 1. The molecule has 5 heteroatoms. The van der Waals surface area contributed by atoms with Crippen LogP contribution in [0.25, 0.3) is 0 Å². The van der Waals surface area contributed by atoms with Crippen molar-refractivity contribution in [1.82, 2.24) is 4.90 Å². The van der Waals surface area contributed by atoms with Gasteiger partial charge in [-0.3, -0.25) is 9.59 Å². The fourth-order valence-corrected chi connectivity index (χ4v) is 1.43. The average Bonchev–Trinajstić information content (AvgIpc) is 2.01. The minimum Gasteiger partial charge on any atom is -0.335 e. The Bertz CT molecular complexity index is 248. The van der Waals surface area contributed by atoms with Gasteiger partial charge in [-0.15, -0.1) is 0 Å². The summed E-state index contributed by atoms with van der Waals surface area (Å²) in [6.45, 7) is 1.12. The number of carbonyl (C=O) groups is 2. The first-order valence-electron chi connectivity index (χ1n) is 4.56. The molecule has 1 amide bonds. The molecule has 14 heavy (non-hydrogen) atoms. The first-order chi connectivity index (χ1) is 6.38. The number of nitrogens with zero attached hydrogens (tertiary/aromatic N) is 1. The zero-order valence-corrected chi connectivity index (χ0v) is 8.06. The summed E-state index contributed by atoms with van der Waals surface area (Å²) >= 11 is 0. The van der Waals surface area contributed by atoms with Crippen LogP contribution in [0.2, 0.25) is 0 Å². The van der Waals surface area contributed by atoms with Crippen molar-refractivity contribution in [3.63, 3.8) is 0 Å². The molecular formula is C9H13F2NO2. The zero-order chi connectivity index (χ0) is 10.8. The monoisotopic (exact) mass is 205 g/mol. The number of ketones is 1. The molecule has 0 unspecified atom stereocenters. The summed E-state index contributed by atoms with van der Waals surface area (Å²) in [7, 11) is 0. The molecule has 1 heterocycles. The highest BCUT2D eigenvalue weighted by Crippen LogP contribution is 2.19. The Balaban J connectivity index is 2.48. The molecule has 0 aromatic carbocycles. The topological polar surface area (TPSA) is 37.4 Å². The van der Waals surface area contributed by atoms with E-state index in [1.807, 2.05) is 0 Å². The second kappa shape index (κ2) is 4.02. The molecule has 1 saturated heterocycles. The molecule has 1 aliphatic rings. The van der Waals surface area contributed by atoms with Gasteiger partial charge >= 0.3 is 0 Å². The van der Waals surface area contributed by atoms with E-state index in [1.165, 1.54) is 4.90 Å². The van der Waals surface area contributed by atoms with Gasteiger partial charge in [-0.25, -0.2) is 8.78 Å². The molecule has 80 valence electrons. The SMILES string of the molecule is CC(F)(F)CC(=O)N1CCCC(=O)C1. The maximum atomic E-state index is 12.5. The van der Waals surface area contributed by atoms with Crippen LogP contribution in [0.3, 0.4) is 0 Å². The van der Waals surface area contributed by atoms with Gasteiger partial charge in [-0.05, 0) is 13.3 Å². The van der Waals surface area contributed by atoms with Crippen molar-refractivity contribution >= 4 is 11.7 Å². The third-order valence-electron chi connectivity index (χ3n) is 2.07. The van der Waals surface area contributed by atoms with Gasteiger partial charge in [0.25, 0.3) is 5.92 Å². The van der Waals surface area contributed by atoms with Crippen LogP contribution in [-0.2, 0) is 9.59 Å². The highest BCUT2D eigenvalue weighted by Gasteiger charge is 2.30. The number of likely N-dealkylation sites (tertiary alicyclic amines) is 1. The van der Waals surface area contributed by atoms with E-state index >= 15 is 0 Å². The zero-order valence-electron chi connectivity index (χ0n) is 8.06. The summed E-state index contributed by atoms with van der Waals surface area (Å²) in [4.78, 5) is 23.4. The number of Topliss-reactive ketones (excluding diaryl/α,β-unsaturated/α-hetero) is 1. The lowest BCUT2D eigenvalue weighted by Crippen LogP contribution is -2.41. The Labute approximate surface area is 81.1 Å². The van der Waals surface area contributed by atoms with Gasteiger partial charge < -0.3 is 4.90 Å². The third-order valence-corrected chi connectivity index (χ3v) is 2.07. The van der Waals surface area contributed by atoms with Crippen LogP contribution in [0.15, 0.2) is 0 Å². The predicted molar refractivity (Wildman–Crippen MR) is 46.1 cm³/mol. The second-order valence-electron chi connectivity index (χ2n) is 3.70. The molecule has 0 aliphatic carbocycles. The summed E-state index contributed by atoms with van der Waals surface area (Å²) in [6, 6.07) is 0. The molecule has 1 fully saturated rings. The van der Waals surface area contributed by atoms with Gasteiger partial charge in [0.1, 0.15) is 0 Å². The van der Waals surface area contributed by atoms with E-state index in [0.717, 1.165) is 0 Å². The van der Waals surface area contributed by atoms with E-state index in [9.17, 15) is 18.4 Å². The summed E-state index contributed by atoms with van der Waals surface area (Å²) in [5.41, 5.74) is 0. The van der Waals surface area contributed by atoms with Gasteiger partial charge in [-0.1, -0.05) is 0 Å². The minimum absolute atomic E-state index is 0.00505. The molecule has 0 aromatic heterocycles. The average molecular weight is 205 g/mol. The van der Waals surface area contributed by atoms with E-state index < -0.39 is 18.3 Å². The lowest BCUT2D eigenvalue weighted by Gasteiger charge is -2.26. The summed E-state index contributed by atoms with van der Waals surface area (Å²) < 4.78 is 25.0. The van der Waals surface area contributed by atoms with Crippen LogP contribution in [0, 0.1) is 0 Å². The van der Waals surface area contributed by atoms with Gasteiger partial charge in [0.15, 0.2) is 5.78 Å². The van der Waals surface area contributed by atoms with Crippen molar-refractivity contribution in [3.05, 3.63) is 0 Å². The smallest absolute Gasteiger partial charge is 0.254 e. The first kappa shape index (κ1) is 11.1. The summed E-state index contributed by atoms with van der Waals surface area (Å²) in [5, 5.41) is 0. The van der Waals surface area contributed by atoms with Gasteiger partial charge in [-0.2, -0.15) is 0 Å². The van der Waals surface area contributed by atoms with Crippen LogP contribution in [0.1, 0.15) is 26.2 Å². The van der Waals surface area contributed by atoms with Crippen LogP contribution in [-0.4, -0.2) is 35.6 Å². The molecule has 0 bridgehead atoms. The van der Waals surface area contributed by atoms with Gasteiger partial charge in [0.2, 0.25) is 5.91 Å². The number of hydrogen-bond donors (Lipinski definition) is 0. The number of carbonyl (C=O) groups excluding carboxylic acids is 2. The molecule has 0 aromatic rings. The quantitative estimate of drug-likeness (QED) is 0.679. The van der Waals surface area contributed by atoms with Gasteiger partial charge in [0, 0.05) is 13.0 Å². The minimum atomic E-state index is -2.99. The Hall–Kier alpha value is -1.00. The van der Waals surface area contributed by atoms with Crippen molar-refractivity contribution in [2.24, 2.45) is 0 Å². The molecule has 0 atom stereocenters. The Morgan fingerprint density at radius 1 is 1.57 bits per heavy atom. The van der Waals surface area contributed by atoms with Crippen molar-refractivity contribution in [3.8, 4) is 0 Å². The highest BCUT2D eigenvalue weighted by molar-refractivity contribution is 5.87. The summed E-state index contributed by atoms with van der Waals surface area (Å²) in [5.74, 6) is -3.67. The lowest BCUT2D eigenvalue weighted by molar-refractivity contribution is -0.142. The largest absolute Gasteiger partial charge is 0.335 e. The maximum absolute atomic E-state index is 12.5. The fraction of sp³-hybridized carbons (Fsp3) is 0.778. The maximum Gasteiger partial charge on any atom is 0.254 e. The third kappa shape index (κ3) is 3.40. The lowest BCUT2D eigenvalue weighted by atomic mass is 10.1. The molecule has 0 N–H and O–H groups in total. The van der Waals surface area contributed by atoms with E-state index in [0.29, 0.717) is 26.3 Å². The van der Waals surface area contributed by atoms with Crippen molar-refractivity contribution in [2.75, 3.05) is 13.1 Å². The fourth-order valence-electron chi connectivity index (χ4n) is 1.43. The molecule has 3 nitrogen and oxygen atoms in total. The van der Waals surface area contributed by atoms with E-state index in [2.05, 4.69) is 0 Å². The standard InChI is InChI=1S/C9H13F2NO2/c1-9(10,11)5-8(14)12-4-2-3-7(13)6-12/h2-6H2,1H3. The molecule has 0 radical (unpaired) electrons. The molecule has 0 spiro atoms. The van der Waals surface area contributed by atoms with E-state index in [-0.39, 0.29) is 12.3 Å². The normalized spacial score (nSPS) is 18.5. The number of rotatable bonds is 2. The number of halogens is 2. The number of hydrogen-bond acceptors (Lipinski definition) is 2. The van der Waals surface area contributed by atoms with Crippen LogP contribution >= 0.6 is 0 Å². The van der Waals surface area contributed by atoms with E-state index in [4.69, 9.17) is 0 Å². The predicted octanol–water partition coefficient (Wildman–Crippen LogP) is 1.22. The summed E-state index contributed by atoms with van der Waals surface area (Å²) in [6.07, 6.45) is 0.229. The first-order valence-corrected chi connectivity index (χ1v) is 4.56. The highest BCUT2D eigenvalue weighted by atomic mass is 19.3. The van der Waals surface area contributed by atoms with Crippen LogP contribution in [0.5, 0.6) is 0 Å². The van der Waals surface area contributed by atoms with Crippen LogP contribution in [0.4, 0.5) is 8.78 Å². The molecule has 1 aliphatic heterocycles. The Kier molecular flexibility index (Phi) is 3.18. The Morgan fingerprint density at radius 3 is 2.71 bits per heavy atom. The number of piperidine rings is 1. The second-order valence-corrected chi connectivity index (χ2v) is 3.70. The molecule has 1 rings (SSSR count). The van der Waals surface area contributed by atoms with E-state index in [1.54, 1.807) is 0 Å².